The van der Waals surface area contributed by atoms with Crippen molar-refractivity contribution in [2.45, 2.75) is 26.3 Å². The molecule has 0 saturated carbocycles. The van der Waals surface area contributed by atoms with Crippen LogP contribution in [0.2, 0.25) is 5.02 Å². The first-order valence-electron chi connectivity index (χ1n) is 12.0. The van der Waals surface area contributed by atoms with E-state index < -0.39 is 0 Å². The van der Waals surface area contributed by atoms with Gasteiger partial charge in [0.2, 0.25) is 0 Å². The fourth-order valence-electron chi connectivity index (χ4n) is 3.76. The van der Waals surface area contributed by atoms with Crippen LogP contribution in [0.25, 0.3) is 6.08 Å². The Kier molecular flexibility index (Phi) is 9.50. The number of hydrogen-bond donors (Lipinski definition) is 0. The second-order valence-corrected chi connectivity index (χ2v) is 10.4. The van der Waals surface area contributed by atoms with Crippen molar-refractivity contribution in [3.8, 4) is 17.2 Å². The highest BCUT2D eigenvalue weighted by Gasteiger charge is 2.32. The summed E-state index contributed by atoms with van der Waals surface area (Å²) in [6.07, 6.45) is 3.46. The van der Waals surface area contributed by atoms with E-state index in [1.165, 1.54) is 17.3 Å². The Balaban J connectivity index is 1.36. The normalized spacial score (nSPS) is 14.4. The van der Waals surface area contributed by atoms with Gasteiger partial charge in [-0.3, -0.25) is 9.69 Å². The average Bonchev–Trinajstić information content (AvgIpc) is 3.17. The summed E-state index contributed by atoms with van der Waals surface area (Å²) < 4.78 is 17.8. The molecular formula is C29H28ClNO4S2. The molecule has 0 spiro atoms. The summed E-state index contributed by atoms with van der Waals surface area (Å²) in [5.74, 6) is 1.67. The van der Waals surface area contributed by atoms with Gasteiger partial charge in [-0.2, -0.15) is 0 Å². The molecule has 3 aromatic rings. The van der Waals surface area contributed by atoms with E-state index >= 15 is 0 Å². The van der Waals surface area contributed by atoms with Crippen molar-refractivity contribution < 1.29 is 19.0 Å². The van der Waals surface area contributed by atoms with E-state index in [0.717, 1.165) is 23.3 Å². The van der Waals surface area contributed by atoms with Crippen molar-refractivity contribution in [2.75, 3.05) is 20.3 Å². The molecule has 1 aliphatic heterocycles. The minimum Gasteiger partial charge on any atom is -0.493 e. The van der Waals surface area contributed by atoms with Crippen molar-refractivity contribution >= 4 is 51.9 Å². The first-order valence-corrected chi connectivity index (χ1v) is 13.6. The number of benzene rings is 3. The van der Waals surface area contributed by atoms with Crippen LogP contribution in [0.5, 0.6) is 17.2 Å². The summed E-state index contributed by atoms with van der Waals surface area (Å²) in [6.45, 7) is 3.50. The van der Waals surface area contributed by atoms with Crippen molar-refractivity contribution in [2.24, 2.45) is 0 Å². The average molecular weight is 554 g/mol. The third kappa shape index (κ3) is 7.06. The molecule has 4 rings (SSSR count). The van der Waals surface area contributed by atoms with Crippen LogP contribution in [-0.2, 0) is 17.8 Å². The van der Waals surface area contributed by atoms with E-state index in [1.807, 2.05) is 42.5 Å². The Bertz CT molecular complexity index is 1280. The molecule has 0 bridgehead atoms. The van der Waals surface area contributed by atoms with Gasteiger partial charge in [0.05, 0.1) is 36.8 Å². The van der Waals surface area contributed by atoms with Crippen LogP contribution < -0.4 is 14.2 Å². The van der Waals surface area contributed by atoms with Crippen LogP contribution >= 0.6 is 35.6 Å². The number of nitrogens with zero attached hydrogens (tertiary/aromatic N) is 1. The Hall–Kier alpha value is -3.00. The van der Waals surface area contributed by atoms with Gasteiger partial charge < -0.3 is 14.2 Å². The minimum atomic E-state index is -0.126. The molecular weight excluding hydrogens is 526 g/mol. The van der Waals surface area contributed by atoms with Gasteiger partial charge >= 0.3 is 0 Å². The number of rotatable bonds is 11. The lowest BCUT2D eigenvalue weighted by Gasteiger charge is -2.14. The summed E-state index contributed by atoms with van der Waals surface area (Å²) in [5.41, 5.74) is 3.03. The number of carbonyl (C=O) groups excluding carboxylic acids is 1. The zero-order chi connectivity index (χ0) is 26.2. The molecule has 0 atom stereocenters. The molecule has 3 aromatic carbocycles. The first kappa shape index (κ1) is 27.0. The quantitative estimate of drug-likeness (QED) is 0.143. The monoisotopic (exact) mass is 553 g/mol. The fraction of sp³-hybridized carbons (Fsp3) is 0.241. The molecule has 192 valence electrons. The molecule has 0 aromatic heterocycles. The molecule has 1 fully saturated rings. The lowest BCUT2D eigenvalue weighted by Crippen LogP contribution is -2.27. The van der Waals surface area contributed by atoms with Gasteiger partial charge in [0.25, 0.3) is 5.91 Å². The van der Waals surface area contributed by atoms with Crippen molar-refractivity contribution in [3.63, 3.8) is 0 Å². The highest BCUT2D eigenvalue weighted by molar-refractivity contribution is 8.26. The van der Waals surface area contributed by atoms with Crippen LogP contribution in [-0.4, -0.2) is 35.5 Å². The highest BCUT2D eigenvalue weighted by atomic mass is 35.5. The standard InChI is InChI=1S/C29H28ClNO4S2/c1-3-20-10-12-23(13-11-20)34-14-7-15-35-27-24(30)16-22(17-25(27)33-2)18-26-28(32)31(29(36)37-26)19-21-8-5-4-6-9-21/h4-6,8-13,16-18H,3,7,14-15,19H2,1-2H3/b26-18-. The molecule has 37 heavy (non-hydrogen) atoms. The van der Waals surface area contributed by atoms with Crippen LogP contribution in [0.3, 0.4) is 0 Å². The summed E-state index contributed by atoms with van der Waals surface area (Å²) in [4.78, 5) is 15.2. The molecule has 1 saturated heterocycles. The second kappa shape index (κ2) is 13.0. The van der Waals surface area contributed by atoms with Gasteiger partial charge in [0.15, 0.2) is 11.5 Å². The summed E-state index contributed by atoms with van der Waals surface area (Å²) in [7, 11) is 1.56. The Morgan fingerprint density at radius 3 is 2.43 bits per heavy atom. The molecule has 1 amide bonds. The molecule has 0 aliphatic carbocycles. The van der Waals surface area contributed by atoms with Gasteiger partial charge in [0, 0.05) is 6.42 Å². The van der Waals surface area contributed by atoms with Crippen LogP contribution in [0.15, 0.2) is 71.6 Å². The highest BCUT2D eigenvalue weighted by Crippen LogP contribution is 2.39. The first-order chi connectivity index (χ1) is 18.0. The number of thioether (sulfide) groups is 1. The number of hydrogen-bond acceptors (Lipinski definition) is 6. The predicted octanol–water partition coefficient (Wildman–Crippen LogP) is 7.16. The number of carbonyl (C=O) groups is 1. The Morgan fingerprint density at radius 2 is 1.73 bits per heavy atom. The number of aryl methyl sites for hydroxylation is 1. The van der Waals surface area contributed by atoms with Crippen LogP contribution in [0.4, 0.5) is 0 Å². The predicted molar refractivity (Wildman–Crippen MR) is 155 cm³/mol. The van der Waals surface area contributed by atoms with Gasteiger partial charge in [-0.15, -0.1) is 0 Å². The van der Waals surface area contributed by atoms with Gasteiger partial charge in [-0.05, 0) is 53.5 Å². The van der Waals surface area contributed by atoms with E-state index in [9.17, 15) is 4.79 Å². The fourth-order valence-corrected chi connectivity index (χ4v) is 5.29. The molecule has 0 N–H and O–H groups in total. The lowest BCUT2D eigenvalue weighted by atomic mass is 10.1. The molecule has 5 nitrogen and oxygen atoms in total. The smallest absolute Gasteiger partial charge is 0.266 e. The van der Waals surface area contributed by atoms with Crippen molar-refractivity contribution in [1.29, 1.82) is 0 Å². The minimum absolute atomic E-state index is 0.126. The van der Waals surface area contributed by atoms with Crippen molar-refractivity contribution in [1.82, 2.24) is 4.90 Å². The maximum absolute atomic E-state index is 13.0. The topological polar surface area (TPSA) is 48.0 Å². The summed E-state index contributed by atoms with van der Waals surface area (Å²) in [5, 5.41) is 0.404. The van der Waals surface area contributed by atoms with E-state index in [-0.39, 0.29) is 5.91 Å². The van der Waals surface area contributed by atoms with Gasteiger partial charge in [0.1, 0.15) is 10.1 Å². The maximum Gasteiger partial charge on any atom is 0.266 e. The third-order valence-electron chi connectivity index (χ3n) is 5.74. The number of halogens is 1. The summed E-state index contributed by atoms with van der Waals surface area (Å²) in [6, 6.07) is 21.4. The SMILES string of the molecule is CCc1ccc(OCCCOc2c(Cl)cc(/C=C3\SC(=S)N(Cc4ccccc4)C3=O)cc2OC)cc1. The molecule has 1 heterocycles. The number of methoxy groups -OCH3 is 1. The second-order valence-electron chi connectivity index (χ2n) is 8.34. The lowest BCUT2D eigenvalue weighted by molar-refractivity contribution is -0.122. The van der Waals surface area contributed by atoms with Gasteiger partial charge in [-0.25, -0.2) is 0 Å². The number of thiocarbonyl (C=S) groups is 1. The van der Waals surface area contributed by atoms with Gasteiger partial charge in [-0.1, -0.05) is 85.0 Å². The third-order valence-corrected chi connectivity index (χ3v) is 7.40. The largest absolute Gasteiger partial charge is 0.493 e. The van der Waals surface area contributed by atoms with Crippen LogP contribution in [0, 0.1) is 0 Å². The van der Waals surface area contributed by atoms with Crippen LogP contribution in [0.1, 0.15) is 30.0 Å². The van der Waals surface area contributed by atoms with E-state index in [2.05, 4.69) is 19.1 Å². The number of ether oxygens (including phenoxy) is 3. The zero-order valence-corrected chi connectivity index (χ0v) is 23.1. The van der Waals surface area contributed by atoms with Crippen molar-refractivity contribution in [3.05, 3.63) is 93.3 Å². The van der Waals surface area contributed by atoms with E-state index in [0.29, 0.717) is 51.9 Å². The molecule has 8 heteroatoms. The molecule has 0 unspecified atom stereocenters. The van der Waals surface area contributed by atoms with E-state index in [1.54, 1.807) is 30.2 Å². The van der Waals surface area contributed by atoms with E-state index in [4.69, 9.17) is 38.0 Å². The number of amides is 1. The maximum atomic E-state index is 13.0. The zero-order valence-electron chi connectivity index (χ0n) is 20.7. The molecule has 1 aliphatic rings. The molecule has 0 radical (unpaired) electrons. The summed E-state index contributed by atoms with van der Waals surface area (Å²) >= 11 is 13.3. The Labute approximate surface area is 232 Å². The Morgan fingerprint density at radius 1 is 1.00 bits per heavy atom.